The van der Waals surface area contributed by atoms with Crippen molar-refractivity contribution in [2.24, 2.45) is 0 Å². The van der Waals surface area contributed by atoms with Crippen molar-refractivity contribution < 1.29 is 50.7 Å². The molecule has 7 aromatic heterocycles. The summed E-state index contributed by atoms with van der Waals surface area (Å²) in [7, 11) is -1.37. The molecular weight excluding hydrogens is 1490 g/mol. The van der Waals surface area contributed by atoms with Crippen molar-refractivity contribution in [3.8, 4) is 0 Å². The van der Waals surface area contributed by atoms with Gasteiger partial charge in [0.2, 0.25) is 17.8 Å². The van der Waals surface area contributed by atoms with Crippen molar-refractivity contribution in [2.45, 2.75) is 212 Å². The molecule has 3 N–H and O–H groups in total. The van der Waals surface area contributed by atoms with Gasteiger partial charge in [-0.05, 0) is 100 Å². The van der Waals surface area contributed by atoms with Gasteiger partial charge in [-0.3, -0.25) is 32.0 Å². The highest BCUT2D eigenvalue weighted by atomic mass is 32.2. The maximum Gasteiger partial charge on any atom is 0.274 e. The highest BCUT2D eigenvalue weighted by Crippen LogP contribution is 2.39. The lowest BCUT2D eigenvalue weighted by molar-refractivity contribution is 0.0263. The van der Waals surface area contributed by atoms with Gasteiger partial charge >= 0.3 is 0 Å². The third kappa shape index (κ3) is 16.8. The average molecular weight is 1590 g/mol. The van der Waals surface area contributed by atoms with Crippen LogP contribution in [0.2, 0.25) is 0 Å². The number of fused-ring (bicyclic) bond motifs is 6. The highest BCUT2D eigenvalue weighted by Gasteiger charge is 2.41. The molecule has 1 saturated carbocycles. The van der Waals surface area contributed by atoms with Gasteiger partial charge in [0.05, 0.1) is 69.1 Å². The largest absolute Gasteiger partial charge is 0.381 e. The number of carbonyl (C=O) groups is 3. The summed E-state index contributed by atoms with van der Waals surface area (Å²) in [6.07, 6.45) is 22.7. The Kier molecular flexibility index (Phi) is 22.9. The Bertz CT molecular complexity index is 4680. The van der Waals surface area contributed by atoms with Crippen LogP contribution in [-0.2, 0) is 120 Å². The number of anilines is 6. The lowest BCUT2D eigenvalue weighted by Crippen LogP contribution is -2.45. The minimum Gasteiger partial charge on any atom is -0.381 e. The molecule has 0 radical (unpaired) electrons. The number of nitrogens with one attached hydrogen (secondary N) is 3. The molecular formula is C77H101N21O11S3. The predicted molar refractivity (Wildman–Crippen MR) is 418 cm³/mol. The molecule has 1 aliphatic carbocycles. The molecule has 12 aliphatic rings. The molecule has 598 valence electrons. The molecule has 19 rings (SSSR count). The first-order chi connectivity index (χ1) is 54.6. The van der Waals surface area contributed by atoms with Crippen LogP contribution in [0.25, 0.3) is 0 Å². The molecule has 18 heterocycles. The van der Waals surface area contributed by atoms with Gasteiger partial charge in [0.25, 0.3) is 11.8 Å². The van der Waals surface area contributed by atoms with E-state index in [-0.39, 0.29) is 53.2 Å². The van der Waals surface area contributed by atoms with Gasteiger partial charge in [-0.2, -0.15) is 15.0 Å². The first-order valence-electron chi connectivity index (χ1n) is 40.1. The summed E-state index contributed by atoms with van der Waals surface area (Å²) in [6, 6.07) is 5.45. The molecule has 3 atom stereocenters. The van der Waals surface area contributed by atoms with Crippen molar-refractivity contribution >= 4 is 85.3 Å². The molecule has 11 aliphatic heterocycles. The van der Waals surface area contributed by atoms with Crippen molar-refractivity contribution in [3.05, 3.63) is 100 Å². The standard InChI is InChI=1S/C27H33N7O3S.C26H35N7O4S.C24H33N7O4S/c1-27(2,18-3-8-28-9-4-18)15-22(35)21-16-33-10-11-34(17-23(33)30-21)26-31-20-7-14-38(36)24(20)25(32-26)29-19-5-12-37-13-6-19;34-25(33(18-1-2-18)19-5-12-37-13-6-19)21-15-31-8-9-32(16-22(31)28-21)26-29-20-7-14-38(35)23(20)24(30-26)27-17-3-10-36-11-4-17;1-29(17-4-11-35-12-5-17)23(32)19-14-30-7-8-31(15-20(30)26-19)24-27-18-6-13-36(33)21(18)22(28-24)25-16-2-9-34-10-3-16/h3-4,8-9,16,19H,5-7,10-15,17H2,1-2H3,(H,29,31,32);15,17-19H,1-14,16H2,(H,27,29,30);14,16-17H,2-13,15H2,1H3,(H,25,27,28). The number of pyridine rings is 1. The summed E-state index contributed by atoms with van der Waals surface area (Å²) in [5, 5.41) is 10.6. The predicted octanol–water partition coefficient (Wildman–Crippen LogP) is 5.82. The summed E-state index contributed by atoms with van der Waals surface area (Å²) in [5.41, 5.74) is 4.89. The van der Waals surface area contributed by atoms with E-state index in [9.17, 15) is 27.0 Å². The maximum absolute atomic E-state index is 13.6. The Balaban J connectivity index is 0.000000122. The van der Waals surface area contributed by atoms with Crippen molar-refractivity contribution in [1.82, 2.24) is 73.3 Å². The number of aryl methyl sites for hydroxylation is 3. The summed E-state index contributed by atoms with van der Waals surface area (Å²) in [4.78, 5) is 99.9. The van der Waals surface area contributed by atoms with Crippen molar-refractivity contribution in [2.75, 3.05) is 141 Å². The molecule has 32 nitrogen and oxygen atoms in total. The molecule has 0 aromatic carbocycles. The number of rotatable bonds is 18. The van der Waals surface area contributed by atoms with Crippen LogP contribution in [0.1, 0.15) is 169 Å². The average Bonchev–Trinajstić information content (AvgIpc) is 1.62. The lowest BCUT2D eigenvalue weighted by Gasteiger charge is -2.34. The number of nitrogens with zero attached hydrogens (tertiary/aromatic N) is 18. The number of hydrogen-bond donors (Lipinski definition) is 3. The minimum atomic E-state index is -1.08. The number of amides is 2. The van der Waals surface area contributed by atoms with E-state index < -0.39 is 32.4 Å². The molecule has 2 amide bonds. The molecule has 0 bridgehead atoms. The summed E-state index contributed by atoms with van der Waals surface area (Å²) < 4.78 is 71.9. The number of aromatic nitrogens is 13. The van der Waals surface area contributed by atoms with Gasteiger partial charge < -0.3 is 77.8 Å². The Hall–Kier alpha value is -8.32. The second-order valence-electron chi connectivity index (χ2n) is 31.7. The van der Waals surface area contributed by atoms with Crippen LogP contribution in [0, 0.1) is 0 Å². The van der Waals surface area contributed by atoms with E-state index >= 15 is 0 Å². The fourth-order valence-corrected chi connectivity index (χ4v) is 20.8. The van der Waals surface area contributed by atoms with Crippen LogP contribution < -0.4 is 30.7 Å². The first-order valence-corrected chi connectivity index (χ1v) is 44.1. The quantitative estimate of drug-likeness (QED) is 0.0851. The van der Waals surface area contributed by atoms with Crippen LogP contribution in [-0.4, -0.2) is 250 Å². The lowest BCUT2D eigenvalue weighted by atomic mass is 9.80. The van der Waals surface area contributed by atoms with E-state index in [0.717, 1.165) is 191 Å². The number of carbonyl (C=O) groups excluding carboxylic acids is 3. The highest BCUT2D eigenvalue weighted by molar-refractivity contribution is 7.86. The number of imidazole rings is 3. The van der Waals surface area contributed by atoms with E-state index in [1.165, 1.54) is 0 Å². The van der Waals surface area contributed by atoms with Gasteiger partial charge in [0.15, 0.2) is 5.78 Å². The Morgan fingerprint density at radius 1 is 0.446 bits per heavy atom. The van der Waals surface area contributed by atoms with E-state index in [4.69, 9.17) is 68.5 Å². The van der Waals surface area contributed by atoms with Crippen LogP contribution >= 0.6 is 0 Å². The Morgan fingerprint density at radius 3 is 1.19 bits per heavy atom. The van der Waals surface area contributed by atoms with Gasteiger partial charge in [-0.15, -0.1) is 0 Å². The normalized spacial score (nSPS) is 22.2. The van der Waals surface area contributed by atoms with E-state index in [1.54, 1.807) is 12.4 Å². The SMILES string of the molecule is CC(C)(CC(=O)c1cn2c(n1)CN(c1nc3c(c(NC4CCOCC4)n1)S(=O)CC3)CC2)c1ccncc1.CN(C(=O)c1cn2c(n1)CN(c1nc3c(c(NC4CCOCC4)n1)S(=O)CC3)CC2)C1CCOCC1.O=C(c1cn2c(n1)CN(c1nc3c(c(NC4CCOCC4)n1)S(=O)CC3)CC2)N(C1CCOCC1)C1CC1. The molecule has 6 fully saturated rings. The Morgan fingerprint density at radius 2 is 0.795 bits per heavy atom. The topological polar surface area (TPSA) is 345 Å². The van der Waals surface area contributed by atoms with Crippen LogP contribution in [0.3, 0.4) is 0 Å². The van der Waals surface area contributed by atoms with Gasteiger partial charge in [-0.1, -0.05) is 13.8 Å². The Labute approximate surface area is 658 Å². The minimum absolute atomic E-state index is 0.0273. The molecule has 3 unspecified atom stereocenters. The smallest absolute Gasteiger partial charge is 0.274 e. The number of ketones is 1. The van der Waals surface area contributed by atoms with Gasteiger partial charge in [0, 0.05) is 223 Å². The second kappa shape index (κ2) is 33.6. The summed E-state index contributed by atoms with van der Waals surface area (Å²) in [6.45, 7) is 17.1. The number of Topliss-reactive ketones (excluding diaryl/α,β-unsaturated/α-hetero) is 1. The van der Waals surface area contributed by atoms with Crippen LogP contribution in [0.5, 0.6) is 0 Å². The second-order valence-corrected chi connectivity index (χ2v) is 36.2. The molecule has 35 heteroatoms. The molecule has 7 aromatic rings. The van der Waals surface area contributed by atoms with Crippen molar-refractivity contribution in [1.29, 1.82) is 0 Å². The van der Waals surface area contributed by atoms with Crippen LogP contribution in [0.4, 0.5) is 35.3 Å². The maximum atomic E-state index is 13.6. The van der Waals surface area contributed by atoms with E-state index in [0.29, 0.717) is 167 Å². The van der Waals surface area contributed by atoms with Crippen molar-refractivity contribution in [3.63, 3.8) is 0 Å². The summed E-state index contributed by atoms with van der Waals surface area (Å²) in [5.74, 6) is 8.29. The zero-order valence-corrected chi connectivity index (χ0v) is 66.6. The third-order valence-corrected chi connectivity index (χ3v) is 28.0. The monoisotopic (exact) mass is 1590 g/mol. The van der Waals surface area contributed by atoms with Gasteiger partial charge in [0.1, 0.15) is 66.7 Å². The number of ether oxygens (including phenoxy) is 5. The third-order valence-electron chi connectivity index (χ3n) is 23.6. The number of hydrogen-bond acceptors (Lipinski definition) is 27. The van der Waals surface area contributed by atoms with Crippen LogP contribution in [0.15, 0.2) is 57.8 Å². The zero-order valence-electron chi connectivity index (χ0n) is 64.1. The van der Waals surface area contributed by atoms with E-state index in [1.807, 2.05) is 42.7 Å². The fraction of sp³-hybridized carbons (Fsp3) is 0.623. The summed E-state index contributed by atoms with van der Waals surface area (Å²) >= 11 is 0. The molecule has 0 spiro atoms. The van der Waals surface area contributed by atoms with Gasteiger partial charge in [-0.25, -0.2) is 29.9 Å². The first kappa shape index (κ1) is 76.3. The molecule has 112 heavy (non-hydrogen) atoms. The zero-order chi connectivity index (χ0) is 76.6. The molecule has 5 saturated heterocycles. The fourth-order valence-electron chi connectivity index (χ4n) is 16.9. The van der Waals surface area contributed by atoms with E-state index in [2.05, 4.69) is 68.1 Å².